The van der Waals surface area contributed by atoms with Gasteiger partial charge in [0.15, 0.2) is 0 Å². The van der Waals surface area contributed by atoms with Gasteiger partial charge >= 0.3 is 0 Å². The first-order chi connectivity index (χ1) is 14.0. The van der Waals surface area contributed by atoms with E-state index in [9.17, 15) is 15.3 Å². The molecule has 3 nitrogen and oxygen atoms in total. The Labute approximate surface area is 183 Å². The molecule has 0 aromatic heterocycles. The molecule has 3 heteroatoms. The molecular weight excluding hydrogens is 372 g/mol. The third-order valence-electron chi connectivity index (χ3n) is 9.94. The van der Waals surface area contributed by atoms with Crippen LogP contribution in [0.5, 0.6) is 0 Å². The maximum Gasteiger partial charge on any atom is 0.0910 e. The van der Waals surface area contributed by atoms with Crippen LogP contribution in [-0.2, 0) is 0 Å². The fourth-order valence-corrected chi connectivity index (χ4v) is 7.96. The summed E-state index contributed by atoms with van der Waals surface area (Å²) in [7, 11) is 0. The van der Waals surface area contributed by atoms with Gasteiger partial charge in [0.05, 0.1) is 17.8 Å². The van der Waals surface area contributed by atoms with Gasteiger partial charge in [-0.2, -0.15) is 0 Å². The zero-order valence-corrected chi connectivity index (χ0v) is 19.8. The first-order valence-corrected chi connectivity index (χ1v) is 12.5. The lowest BCUT2D eigenvalue weighted by Gasteiger charge is -2.56. The third kappa shape index (κ3) is 3.44. The lowest BCUT2D eigenvalue weighted by atomic mass is 9.49. The van der Waals surface area contributed by atoms with E-state index in [1.807, 2.05) is 6.92 Å². The molecule has 170 valence electrons. The molecule has 4 aliphatic carbocycles. The highest BCUT2D eigenvalue weighted by Gasteiger charge is 2.60. The molecule has 4 rings (SSSR count). The Kier molecular flexibility index (Phi) is 5.82. The molecule has 0 aromatic carbocycles. The Hall–Kier alpha value is -0.640. The van der Waals surface area contributed by atoms with Crippen LogP contribution in [0.2, 0.25) is 0 Å². The van der Waals surface area contributed by atoms with E-state index in [0.717, 1.165) is 51.4 Å². The first-order valence-electron chi connectivity index (χ1n) is 12.5. The number of aliphatic hydroxyl groups is 3. The predicted octanol–water partition coefficient (Wildman–Crippen LogP) is 5.39. The number of hydrogen-bond donors (Lipinski definition) is 3. The second-order valence-electron chi connectivity index (χ2n) is 12.2. The Morgan fingerprint density at radius 2 is 1.77 bits per heavy atom. The minimum absolute atomic E-state index is 0.0561. The van der Waals surface area contributed by atoms with Crippen LogP contribution in [0.25, 0.3) is 0 Å². The summed E-state index contributed by atoms with van der Waals surface area (Å²) in [5.41, 5.74) is 2.27. The molecule has 0 saturated heterocycles. The maximum absolute atomic E-state index is 11.6. The molecule has 3 saturated carbocycles. The van der Waals surface area contributed by atoms with Gasteiger partial charge in [-0.1, -0.05) is 51.0 Å². The average molecular weight is 417 g/mol. The van der Waals surface area contributed by atoms with Crippen molar-refractivity contribution < 1.29 is 15.3 Å². The van der Waals surface area contributed by atoms with E-state index in [0.29, 0.717) is 24.2 Å². The maximum atomic E-state index is 11.6. The Balaban J connectivity index is 1.59. The molecule has 0 aliphatic heterocycles. The molecule has 30 heavy (non-hydrogen) atoms. The van der Waals surface area contributed by atoms with Gasteiger partial charge in [0.1, 0.15) is 0 Å². The normalized spacial score (nSPS) is 43.8. The molecule has 0 spiro atoms. The van der Waals surface area contributed by atoms with Gasteiger partial charge in [0.25, 0.3) is 0 Å². The number of rotatable bonds is 5. The van der Waals surface area contributed by atoms with Crippen LogP contribution >= 0.6 is 0 Å². The van der Waals surface area contributed by atoms with Gasteiger partial charge in [-0.3, -0.25) is 0 Å². The van der Waals surface area contributed by atoms with Crippen molar-refractivity contribution in [2.45, 2.75) is 110 Å². The molecule has 4 aliphatic rings. The second-order valence-corrected chi connectivity index (χ2v) is 12.2. The molecule has 3 fully saturated rings. The van der Waals surface area contributed by atoms with Gasteiger partial charge in [-0.05, 0) is 99.2 Å². The molecule has 0 unspecified atom stereocenters. The molecule has 3 N–H and O–H groups in total. The standard InChI is InChI=1S/C27H44O3/c1-17(2)6-11-24(29)27(5,30)23-10-9-21-20-8-7-18-16-19(28)12-14-25(18,3)22(20)13-15-26(21,23)4/h7-8,17,19,21-24,28-30H,6,9-16H2,1-5H3/t19-,21-,22+,23-,24+,25+,26-,27+/m0/s1. The van der Waals surface area contributed by atoms with Crippen molar-refractivity contribution in [2.75, 3.05) is 0 Å². The lowest BCUT2D eigenvalue weighted by molar-refractivity contribution is -0.138. The molecule has 0 bridgehead atoms. The van der Waals surface area contributed by atoms with E-state index in [1.54, 1.807) is 5.57 Å². The van der Waals surface area contributed by atoms with Gasteiger partial charge in [0, 0.05) is 0 Å². The summed E-state index contributed by atoms with van der Waals surface area (Å²) in [6, 6.07) is 0. The van der Waals surface area contributed by atoms with Gasteiger partial charge in [-0.15, -0.1) is 0 Å². The summed E-state index contributed by atoms with van der Waals surface area (Å²) in [6.07, 6.45) is 12.8. The van der Waals surface area contributed by atoms with Crippen molar-refractivity contribution in [1.29, 1.82) is 0 Å². The summed E-state index contributed by atoms with van der Waals surface area (Å²) in [5.74, 6) is 1.77. The van der Waals surface area contributed by atoms with Crippen molar-refractivity contribution >= 4 is 0 Å². The van der Waals surface area contributed by atoms with Crippen molar-refractivity contribution in [3.05, 3.63) is 23.3 Å². The van der Waals surface area contributed by atoms with Crippen LogP contribution in [0.15, 0.2) is 23.3 Å². The Bertz CT molecular complexity index is 720. The molecule has 0 amide bonds. The van der Waals surface area contributed by atoms with E-state index < -0.39 is 11.7 Å². The predicted molar refractivity (Wildman–Crippen MR) is 122 cm³/mol. The average Bonchev–Trinajstić information content (AvgIpc) is 3.04. The number of allylic oxidation sites excluding steroid dienone is 3. The largest absolute Gasteiger partial charge is 0.393 e. The molecule has 0 aromatic rings. The Morgan fingerprint density at radius 1 is 1.03 bits per heavy atom. The van der Waals surface area contributed by atoms with Crippen molar-refractivity contribution in [3.63, 3.8) is 0 Å². The monoisotopic (exact) mass is 416 g/mol. The van der Waals surface area contributed by atoms with E-state index in [2.05, 4.69) is 39.8 Å². The fourth-order valence-electron chi connectivity index (χ4n) is 7.96. The van der Waals surface area contributed by atoms with Crippen LogP contribution in [-0.4, -0.2) is 33.1 Å². The number of aliphatic hydroxyl groups excluding tert-OH is 2. The van der Waals surface area contributed by atoms with Crippen molar-refractivity contribution in [2.24, 2.45) is 34.5 Å². The number of hydrogen-bond acceptors (Lipinski definition) is 3. The molecule has 0 heterocycles. The van der Waals surface area contributed by atoms with Crippen LogP contribution < -0.4 is 0 Å². The summed E-state index contributed by atoms with van der Waals surface area (Å²) >= 11 is 0. The fraction of sp³-hybridized carbons (Fsp3) is 0.852. The van der Waals surface area contributed by atoms with Crippen LogP contribution in [0.1, 0.15) is 92.4 Å². The lowest BCUT2D eigenvalue weighted by Crippen LogP contribution is -2.54. The zero-order chi connectivity index (χ0) is 21.9. The summed E-state index contributed by atoms with van der Waals surface area (Å²) in [6.45, 7) is 11.1. The highest BCUT2D eigenvalue weighted by molar-refractivity contribution is 5.39. The van der Waals surface area contributed by atoms with Gasteiger partial charge in [0.2, 0.25) is 0 Å². The topological polar surface area (TPSA) is 60.7 Å². The molecular formula is C27H44O3. The van der Waals surface area contributed by atoms with Gasteiger partial charge in [-0.25, -0.2) is 0 Å². The highest BCUT2D eigenvalue weighted by atomic mass is 16.3. The molecule has 0 radical (unpaired) electrons. The van der Waals surface area contributed by atoms with E-state index in [-0.39, 0.29) is 22.9 Å². The quantitative estimate of drug-likeness (QED) is 0.563. The first kappa shape index (κ1) is 22.6. The summed E-state index contributed by atoms with van der Waals surface area (Å²) in [5, 5.41) is 32.7. The van der Waals surface area contributed by atoms with E-state index in [4.69, 9.17) is 0 Å². The smallest absolute Gasteiger partial charge is 0.0910 e. The minimum Gasteiger partial charge on any atom is -0.393 e. The van der Waals surface area contributed by atoms with E-state index >= 15 is 0 Å². The Morgan fingerprint density at radius 3 is 2.47 bits per heavy atom. The minimum atomic E-state index is -1.03. The van der Waals surface area contributed by atoms with Crippen LogP contribution in [0.3, 0.4) is 0 Å². The van der Waals surface area contributed by atoms with Crippen LogP contribution in [0, 0.1) is 34.5 Å². The summed E-state index contributed by atoms with van der Waals surface area (Å²) in [4.78, 5) is 0. The van der Waals surface area contributed by atoms with Crippen molar-refractivity contribution in [3.8, 4) is 0 Å². The molecule has 8 atom stereocenters. The van der Waals surface area contributed by atoms with Crippen LogP contribution in [0.4, 0.5) is 0 Å². The van der Waals surface area contributed by atoms with Gasteiger partial charge < -0.3 is 15.3 Å². The number of fused-ring (bicyclic) bond motifs is 5. The summed E-state index contributed by atoms with van der Waals surface area (Å²) < 4.78 is 0. The third-order valence-corrected chi connectivity index (χ3v) is 9.94. The van der Waals surface area contributed by atoms with E-state index in [1.165, 1.54) is 5.57 Å². The zero-order valence-electron chi connectivity index (χ0n) is 19.8. The SMILES string of the molecule is CC(C)CC[C@@H](O)[C@](C)(O)[C@H]1CC[C@H]2C3=CC=C4C[C@@H](O)CC[C@@]4(C)[C@@H]3CC[C@]12C. The highest BCUT2D eigenvalue weighted by Crippen LogP contribution is 2.66. The van der Waals surface area contributed by atoms with Crippen molar-refractivity contribution in [1.82, 2.24) is 0 Å². The second kappa shape index (κ2) is 7.74.